The average Bonchev–Trinajstić information content (AvgIpc) is 2.77. The Labute approximate surface area is 126 Å². The molecule has 1 aromatic rings. The lowest BCUT2D eigenvalue weighted by atomic mass is 10.2. The number of methoxy groups -OCH3 is 2. The maximum Gasteiger partial charge on any atom is 0.286 e. The molecule has 0 spiro atoms. The molecule has 7 heteroatoms. The van der Waals surface area contributed by atoms with Gasteiger partial charge in [-0.25, -0.2) is 0 Å². The van der Waals surface area contributed by atoms with Crippen LogP contribution in [0.25, 0.3) is 6.08 Å². The Bertz CT molecular complexity index is 652. The third kappa shape index (κ3) is 3.63. The van der Waals surface area contributed by atoms with E-state index in [1.165, 1.54) is 6.92 Å². The Hall–Kier alpha value is -2.28. The van der Waals surface area contributed by atoms with Crippen LogP contribution in [0, 0.1) is 0 Å². The van der Waals surface area contributed by atoms with Gasteiger partial charge in [-0.1, -0.05) is 6.07 Å². The fourth-order valence-corrected chi connectivity index (χ4v) is 2.57. The lowest BCUT2D eigenvalue weighted by Gasteiger charge is -2.07. The zero-order chi connectivity index (χ0) is 15.4. The Morgan fingerprint density at radius 3 is 2.62 bits per heavy atom. The maximum absolute atomic E-state index is 11.8. The molecule has 0 aliphatic carbocycles. The lowest BCUT2D eigenvalue weighted by Crippen LogP contribution is -2.23. The van der Waals surface area contributed by atoms with E-state index in [4.69, 9.17) is 9.47 Å². The molecule has 0 radical (unpaired) electrons. The summed E-state index contributed by atoms with van der Waals surface area (Å²) in [5.41, 5.74) is 0.780. The molecule has 1 aliphatic rings. The molecule has 1 aromatic carbocycles. The van der Waals surface area contributed by atoms with Crippen molar-refractivity contribution in [3.8, 4) is 11.5 Å². The van der Waals surface area contributed by atoms with Crippen LogP contribution in [0.15, 0.2) is 28.1 Å². The van der Waals surface area contributed by atoms with E-state index in [-0.39, 0.29) is 11.8 Å². The van der Waals surface area contributed by atoms with Gasteiger partial charge in [-0.3, -0.25) is 9.59 Å². The molecule has 1 heterocycles. The van der Waals surface area contributed by atoms with Crippen LogP contribution in [0.5, 0.6) is 11.5 Å². The van der Waals surface area contributed by atoms with Crippen molar-refractivity contribution in [1.29, 1.82) is 0 Å². The topological polar surface area (TPSA) is 77.0 Å². The number of hydrogen-bond donors (Lipinski definition) is 1. The van der Waals surface area contributed by atoms with Crippen LogP contribution in [0.2, 0.25) is 0 Å². The first-order valence-corrected chi connectivity index (χ1v) is 6.87. The number of amidine groups is 1. The molecule has 0 unspecified atom stereocenters. The number of thioether (sulfide) groups is 1. The van der Waals surface area contributed by atoms with Gasteiger partial charge in [0.1, 0.15) is 0 Å². The van der Waals surface area contributed by atoms with Crippen LogP contribution in [0.1, 0.15) is 12.5 Å². The minimum atomic E-state index is -0.376. The number of carbonyl (C=O) groups is 2. The van der Waals surface area contributed by atoms with Crippen molar-refractivity contribution < 1.29 is 19.1 Å². The zero-order valence-corrected chi connectivity index (χ0v) is 12.6. The summed E-state index contributed by atoms with van der Waals surface area (Å²) in [6.45, 7) is 1.36. The molecular weight excluding hydrogens is 292 g/mol. The van der Waals surface area contributed by atoms with Gasteiger partial charge in [0.15, 0.2) is 16.7 Å². The summed E-state index contributed by atoms with van der Waals surface area (Å²) in [6.07, 6.45) is 1.69. The van der Waals surface area contributed by atoms with Crippen LogP contribution < -0.4 is 14.8 Å². The van der Waals surface area contributed by atoms with Gasteiger partial charge in [0.25, 0.3) is 5.91 Å². The summed E-state index contributed by atoms with van der Waals surface area (Å²) >= 11 is 1.12. The number of aliphatic imine (C=N–C) groups is 1. The lowest BCUT2D eigenvalue weighted by molar-refractivity contribution is -0.117. The number of ether oxygens (including phenoxy) is 2. The first-order valence-electron chi connectivity index (χ1n) is 6.05. The van der Waals surface area contributed by atoms with E-state index in [0.717, 1.165) is 17.3 Å². The molecule has 0 aromatic heterocycles. The third-order valence-corrected chi connectivity index (χ3v) is 3.51. The minimum absolute atomic E-state index is 0.263. The second kappa shape index (κ2) is 6.45. The number of rotatable bonds is 3. The van der Waals surface area contributed by atoms with Crippen molar-refractivity contribution in [2.45, 2.75) is 6.92 Å². The largest absolute Gasteiger partial charge is 0.493 e. The zero-order valence-electron chi connectivity index (χ0n) is 11.8. The number of hydrogen-bond acceptors (Lipinski definition) is 5. The van der Waals surface area contributed by atoms with Crippen molar-refractivity contribution in [3.05, 3.63) is 28.7 Å². The van der Waals surface area contributed by atoms with E-state index in [9.17, 15) is 9.59 Å². The molecule has 2 amide bonds. The van der Waals surface area contributed by atoms with Gasteiger partial charge >= 0.3 is 0 Å². The van der Waals surface area contributed by atoms with Gasteiger partial charge in [-0.2, -0.15) is 4.99 Å². The number of benzene rings is 1. The smallest absolute Gasteiger partial charge is 0.286 e. The van der Waals surface area contributed by atoms with Crippen molar-refractivity contribution >= 4 is 34.8 Å². The molecule has 110 valence electrons. The Morgan fingerprint density at radius 1 is 1.29 bits per heavy atom. The Kier molecular flexibility index (Phi) is 4.64. The van der Waals surface area contributed by atoms with Gasteiger partial charge in [-0.15, -0.1) is 0 Å². The molecule has 1 aliphatic heterocycles. The van der Waals surface area contributed by atoms with E-state index in [2.05, 4.69) is 10.3 Å². The minimum Gasteiger partial charge on any atom is -0.493 e. The summed E-state index contributed by atoms with van der Waals surface area (Å²) in [5, 5.41) is 2.79. The van der Waals surface area contributed by atoms with Crippen LogP contribution >= 0.6 is 11.8 Å². The SMILES string of the molecule is COc1ccc(/C=C2\SC(NC(C)=O)=NC2=O)cc1OC. The van der Waals surface area contributed by atoms with Crippen molar-refractivity contribution in [1.82, 2.24) is 5.32 Å². The van der Waals surface area contributed by atoms with Crippen LogP contribution in [0.3, 0.4) is 0 Å². The van der Waals surface area contributed by atoms with Crippen LogP contribution in [-0.2, 0) is 9.59 Å². The predicted molar refractivity (Wildman–Crippen MR) is 81.4 cm³/mol. The predicted octanol–water partition coefficient (Wildman–Crippen LogP) is 1.81. The summed E-state index contributed by atoms with van der Waals surface area (Å²) in [4.78, 5) is 26.9. The molecule has 21 heavy (non-hydrogen) atoms. The first-order chi connectivity index (χ1) is 10.0. The maximum atomic E-state index is 11.8. The quantitative estimate of drug-likeness (QED) is 0.862. The molecule has 2 rings (SSSR count). The summed E-state index contributed by atoms with van der Waals surface area (Å²) in [7, 11) is 3.10. The molecule has 6 nitrogen and oxygen atoms in total. The van der Waals surface area contributed by atoms with E-state index in [0.29, 0.717) is 21.6 Å². The standard InChI is InChI=1S/C14H14N2O4S/c1-8(17)15-14-16-13(18)12(21-14)7-9-4-5-10(19-2)11(6-9)20-3/h4-7H,1-3H3,(H,15,16,17,18)/b12-7-. The van der Waals surface area contributed by atoms with Crippen LogP contribution in [0.4, 0.5) is 0 Å². The summed E-state index contributed by atoms with van der Waals surface area (Å²) in [6, 6.07) is 5.32. The van der Waals surface area contributed by atoms with Gasteiger partial charge in [-0.05, 0) is 35.5 Å². The van der Waals surface area contributed by atoms with Gasteiger partial charge in [0, 0.05) is 6.92 Å². The highest BCUT2D eigenvalue weighted by molar-refractivity contribution is 8.18. The van der Waals surface area contributed by atoms with E-state index >= 15 is 0 Å². The van der Waals surface area contributed by atoms with Crippen molar-refractivity contribution in [3.63, 3.8) is 0 Å². The number of nitrogens with one attached hydrogen (secondary N) is 1. The molecule has 1 N–H and O–H groups in total. The van der Waals surface area contributed by atoms with Gasteiger partial charge in [0.05, 0.1) is 19.1 Å². The number of amides is 2. The normalized spacial score (nSPS) is 15.9. The second-order valence-corrected chi connectivity index (χ2v) is 5.16. The number of carbonyl (C=O) groups excluding carboxylic acids is 2. The van der Waals surface area contributed by atoms with Gasteiger partial charge in [0.2, 0.25) is 5.91 Å². The van der Waals surface area contributed by atoms with E-state index in [1.807, 2.05) is 0 Å². The molecule has 0 saturated heterocycles. The molecule has 0 bridgehead atoms. The van der Waals surface area contributed by atoms with Gasteiger partial charge < -0.3 is 14.8 Å². The fraction of sp³-hybridized carbons (Fsp3) is 0.214. The fourth-order valence-electron chi connectivity index (χ4n) is 1.71. The Morgan fingerprint density at radius 2 is 2.00 bits per heavy atom. The van der Waals surface area contributed by atoms with Crippen LogP contribution in [-0.4, -0.2) is 31.2 Å². The highest BCUT2D eigenvalue weighted by atomic mass is 32.2. The van der Waals surface area contributed by atoms with Crippen molar-refractivity contribution in [2.75, 3.05) is 14.2 Å². The van der Waals surface area contributed by atoms with E-state index < -0.39 is 0 Å². The number of nitrogens with zero attached hydrogens (tertiary/aromatic N) is 1. The summed E-state index contributed by atoms with van der Waals surface area (Å²) < 4.78 is 10.4. The summed E-state index contributed by atoms with van der Waals surface area (Å²) in [5.74, 6) is 0.547. The second-order valence-electron chi connectivity index (χ2n) is 4.13. The molecule has 0 atom stereocenters. The molecule has 0 fully saturated rings. The van der Waals surface area contributed by atoms with E-state index in [1.54, 1.807) is 38.5 Å². The van der Waals surface area contributed by atoms with Crippen molar-refractivity contribution in [2.24, 2.45) is 4.99 Å². The monoisotopic (exact) mass is 306 g/mol. The highest BCUT2D eigenvalue weighted by Gasteiger charge is 2.22. The first kappa shape index (κ1) is 15.1. The average molecular weight is 306 g/mol. The molecular formula is C14H14N2O4S. The highest BCUT2D eigenvalue weighted by Crippen LogP contribution is 2.31. The molecule has 0 saturated carbocycles. The Balaban J connectivity index is 2.22. The third-order valence-electron chi connectivity index (χ3n) is 2.61.